The van der Waals surface area contributed by atoms with E-state index in [1.807, 2.05) is 24.3 Å². The number of esters is 3. The van der Waals surface area contributed by atoms with Gasteiger partial charge >= 0.3 is 17.9 Å². The predicted octanol–water partition coefficient (Wildman–Crippen LogP) is 16.4. The monoisotopic (exact) mass is 862 g/mol. The number of aromatic nitrogens is 1. The van der Waals surface area contributed by atoms with Crippen LogP contribution in [-0.4, -0.2) is 22.9 Å². The number of allylic oxidation sites excluding steroid dienone is 4. The fourth-order valence-electron chi connectivity index (χ4n) is 7.34. The zero-order valence-electron chi connectivity index (χ0n) is 39.0. The molecule has 0 aliphatic rings. The summed E-state index contributed by atoms with van der Waals surface area (Å²) in [6.07, 6.45) is 48.0. The Bertz CT molecular complexity index is 1670. The van der Waals surface area contributed by atoms with Gasteiger partial charge in [0.15, 0.2) is 0 Å². The summed E-state index contributed by atoms with van der Waals surface area (Å²) < 4.78 is 17.1. The van der Waals surface area contributed by atoms with Gasteiger partial charge in [0.2, 0.25) is 0 Å². The SMILES string of the molecule is CCCCCCCC/C=C\CCCCCCCC(=O)Oc1cc(/C=C/c2ccc(OC(=O)c3cccnc3)cc2)cc(OC(=O)CCCCCCC/C=C\CCCCCCCC)c1. The summed E-state index contributed by atoms with van der Waals surface area (Å²) >= 11 is 0. The van der Waals surface area contributed by atoms with Gasteiger partial charge < -0.3 is 14.2 Å². The molecule has 2 aromatic carbocycles. The van der Waals surface area contributed by atoms with Crippen molar-refractivity contribution in [2.45, 2.75) is 194 Å². The van der Waals surface area contributed by atoms with E-state index in [9.17, 15) is 14.4 Å². The second-order valence-electron chi connectivity index (χ2n) is 16.9. The largest absolute Gasteiger partial charge is 0.426 e. The van der Waals surface area contributed by atoms with Crippen molar-refractivity contribution >= 4 is 30.1 Å². The first-order chi connectivity index (χ1) is 31.0. The fraction of sp³-hybridized carbons (Fsp3) is 0.536. The summed E-state index contributed by atoms with van der Waals surface area (Å²) in [5.74, 6) is 0.0372. The zero-order valence-corrected chi connectivity index (χ0v) is 39.0. The molecule has 0 amide bonds. The Balaban J connectivity index is 1.44. The summed E-state index contributed by atoms with van der Waals surface area (Å²) in [7, 11) is 0. The first-order valence-electron chi connectivity index (χ1n) is 24.7. The molecule has 0 aliphatic heterocycles. The number of hydrogen-bond donors (Lipinski definition) is 0. The molecule has 0 unspecified atom stereocenters. The lowest BCUT2D eigenvalue weighted by atomic mass is 10.1. The smallest absolute Gasteiger partial charge is 0.345 e. The standard InChI is InChI=1S/C56H79NO6/c1-3-5-7-9-11-13-15-17-19-21-23-25-27-29-31-35-54(58)61-52-44-49(38-37-48-39-41-51(42-40-48)63-56(60)50-34-33-43-57-47-50)45-53(46-52)62-55(59)36-32-30-28-26-24-22-20-18-16-14-12-10-8-6-4-2/h17-20,33-34,37-47H,3-16,21-32,35-36H2,1-2H3/b19-17-,20-18-,38-37+. The Morgan fingerprint density at radius 2 is 0.889 bits per heavy atom. The van der Waals surface area contributed by atoms with E-state index >= 15 is 0 Å². The number of hydrogen-bond acceptors (Lipinski definition) is 7. The van der Waals surface area contributed by atoms with Crippen molar-refractivity contribution in [1.29, 1.82) is 0 Å². The van der Waals surface area contributed by atoms with E-state index in [-0.39, 0.29) is 11.9 Å². The summed E-state index contributed by atoms with van der Waals surface area (Å²) in [5.41, 5.74) is 1.96. The maximum absolute atomic E-state index is 12.9. The number of benzene rings is 2. The summed E-state index contributed by atoms with van der Waals surface area (Å²) in [4.78, 5) is 42.3. The molecule has 7 nitrogen and oxygen atoms in total. The second kappa shape index (κ2) is 35.7. The van der Waals surface area contributed by atoms with Crippen LogP contribution in [-0.2, 0) is 9.59 Å². The number of nitrogens with zero attached hydrogens (tertiary/aromatic N) is 1. The normalized spacial score (nSPS) is 11.5. The van der Waals surface area contributed by atoms with Gasteiger partial charge in [-0.25, -0.2) is 4.79 Å². The van der Waals surface area contributed by atoms with Crippen molar-refractivity contribution in [3.05, 3.63) is 108 Å². The van der Waals surface area contributed by atoms with Crippen LogP contribution in [0.4, 0.5) is 0 Å². The number of pyridine rings is 1. The van der Waals surface area contributed by atoms with Gasteiger partial charge in [0.25, 0.3) is 0 Å². The highest BCUT2D eigenvalue weighted by Gasteiger charge is 2.12. The molecule has 0 bridgehead atoms. The molecule has 0 saturated carbocycles. The third-order valence-electron chi connectivity index (χ3n) is 11.1. The zero-order chi connectivity index (χ0) is 44.8. The van der Waals surface area contributed by atoms with Crippen LogP contribution in [0.3, 0.4) is 0 Å². The molecule has 3 aromatic rings. The Kier molecular flexibility index (Phi) is 29.7. The molecule has 1 aromatic heterocycles. The summed E-state index contributed by atoms with van der Waals surface area (Å²) in [5, 5.41) is 0. The van der Waals surface area contributed by atoms with Crippen molar-refractivity contribution in [2.75, 3.05) is 0 Å². The third kappa shape index (κ3) is 27.1. The number of ether oxygens (including phenoxy) is 3. The van der Waals surface area contributed by atoms with Gasteiger partial charge in [-0.2, -0.15) is 0 Å². The highest BCUT2D eigenvalue weighted by atomic mass is 16.5. The third-order valence-corrected chi connectivity index (χ3v) is 11.1. The average molecular weight is 862 g/mol. The lowest BCUT2D eigenvalue weighted by molar-refractivity contribution is -0.135. The quantitative estimate of drug-likeness (QED) is 0.0189. The Hall–Kier alpha value is -4.78. The van der Waals surface area contributed by atoms with Crippen LogP contribution in [0, 0.1) is 0 Å². The highest BCUT2D eigenvalue weighted by Crippen LogP contribution is 2.27. The van der Waals surface area contributed by atoms with E-state index in [2.05, 4.69) is 43.1 Å². The molecule has 63 heavy (non-hydrogen) atoms. The maximum Gasteiger partial charge on any atom is 0.345 e. The Morgan fingerprint density at radius 3 is 1.33 bits per heavy atom. The predicted molar refractivity (Wildman–Crippen MR) is 261 cm³/mol. The minimum Gasteiger partial charge on any atom is -0.426 e. The molecule has 0 aliphatic carbocycles. The molecule has 3 rings (SSSR count). The van der Waals surface area contributed by atoms with Crippen LogP contribution in [0.1, 0.15) is 215 Å². The van der Waals surface area contributed by atoms with Gasteiger partial charge in [0.05, 0.1) is 5.56 Å². The number of rotatable bonds is 36. The fourth-order valence-corrected chi connectivity index (χ4v) is 7.34. The van der Waals surface area contributed by atoms with E-state index in [0.717, 1.165) is 75.3 Å². The van der Waals surface area contributed by atoms with Gasteiger partial charge in [-0.3, -0.25) is 14.6 Å². The van der Waals surface area contributed by atoms with E-state index in [0.29, 0.717) is 35.7 Å². The van der Waals surface area contributed by atoms with E-state index in [1.54, 1.807) is 48.7 Å². The average Bonchev–Trinajstić information content (AvgIpc) is 3.29. The number of carbonyl (C=O) groups excluding carboxylic acids is 3. The summed E-state index contributed by atoms with van der Waals surface area (Å²) in [6.45, 7) is 4.52. The van der Waals surface area contributed by atoms with Gasteiger partial charge in [0.1, 0.15) is 17.2 Å². The van der Waals surface area contributed by atoms with Crippen LogP contribution in [0.25, 0.3) is 12.2 Å². The lowest BCUT2D eigenvalue weighted by Crippen LogP contribution is -2.10. The van der Waals surface area contributed by atoms with Crippen LogP contribution in [0.2, 0.25) is 0 Å². The molecule has 0 radical (unpaired) electrons. The molecule has 0 spiro atoms. The van der Waals surface area contributed by atoms with E-state index in [1.165, 1.54) is 109 Å². The molecular weight excluding hydrogens is 783 g/mol. The molecular formula is C56H79NO6. The molecule has 1 heterocycles. The van der Waals surface area contributed by atoms with Crippen molar-refractivity contribution < 1.29 is 28.6 Å². The maximum atomic E-state index is 12.9. The molecule has 0 fully saturated rings. The summed E-state index contributed by atoms with van der Waals surface area (Å²) in [6, 6.07) is 15.7. The van der Waals surface area contributed by atoms with E-state index < -0.39 is 5.97 Å². The highest BCUT2D eigenvalue weighted by molar-refractivity contribution is 5.90. The van der Waals surface area contributed by atoms with Gasteiger partial charge in [-0.15, -0.1) is 0 Å². The minimum atomic E-state index is -0.477. The Morgan fingerprint density at radius 1 is 0.460 bits per heavy atom. The van der Waals surface area contributed by atoms with Crippen molar-refractivity contribution in [3.63, 3.8) is 0 Å². The van der Waals surface area contributed by atoms with Crippen LogP contribution in [0.15, 0.2) is 91.3 Å². The van der Waals surface area contributed by atoms with Crippen molar-refractivity contribution in [2.24, 2.45) is 0 Å². The molecule has 7 heteroatoms. The van der Waals surface area contributed by atoms with Crippen molar-refractivity contribution in [3.8, 4) is 17.2 Å². The first-order valence-corrected chi connectivity index (χ1v) is 24.7. The minimum absolute atomic E-state index is 0.296. The van der Waals surface area contributed by atoms with E-state index in [4.69, 9.17) is 14.2 Å². The molecule has 0 atom stereocenters. The number of carbonyl (C=O) groups is 3. The topological polar surface area (TPSA) is 91.8 Å². The molecule has 0 N–H and O–H groups in total. The molecule has 0 saturated heterocycles. The van der Waals surface area contributed by atoms with Crippen LogP contribution >= 0.6 is 0 Å². The first kappa shape index (κ1) is 52.6. The van der Waals surface area contributed by atoms with Crippen LogP contribution in [0.5, 0.6) is 17.2 Å². The van der Waals surface area contributed by atoms with Gasteiger partial charge in [-0.05, 0) is 112 Å². The van der Waals surface area contributed by atoms with Crippen molar-refractivity contribution in [1.82, 2.24) is 4.98 Å². The van der Waals surface area contributed by atoms with Gasteiger partial charge in [-0.1, -0.05) is 165 Å². The Labute approximate surface area is 381 Å². The number of unbranched alkanes of at least 4 members (excludes halogenated alkanes) is 22. The van der Waals surface area contributed by atoms with Crippen LogP contribution < -0.4 is 14.2 Å². The second-order valence-corrected chi connectivity index (χ2v) is 16.9. The van der Waals surface area contributed by atoms with Gasteiger partial charge in [0, 0.05) is 31.3 Å². The molecule has 344 valence electrons. The lowest BCUT2D eigenvalue weighted by Gasteiger charge is -2.10.